The van der Waals surface area contributed by atoms with Crippen LogP contribution < -0.4 is 10.2 Å². The molecule has 1 aromatic carbocycles. The first kappa shape index (κ1) is 20.0. The van der Waals surface area contributed by atoms with Crippen molar-refractivity contribution in [2.45, 2.75) is 19.6 Å². The molecule has 0 saturated carbocycles. The Balaban J connectivity index is 1.61. The topological polar surface area (TPSA) is 84.1 Å². The number of dihydropyridines is 1. The van der Waals surface area contributed by atoms with Crippen molar-refractivity contribution in [3.05, 3.63) is 77.8 Å². The largest absolute Gasteiger partial charge is 0.462 e. The van der Waals surface area contributed by atoms with Gasteiger partial charge in [-0.2, -0.15) is 9.61 Å². The zero-order chi connectivity index (χ0) is 22.1. The van der Waals surface area contributed by atoms with Crippen molar-refractivity contribution < 1.29 is 9.53 Å². The molecule has 1 N–H and O–H groups in total. The summed E-state index contributed by atoms with van der Waals surface area (Å²) in [6, 6.07) is 12.2. The van der Waals surface area contributed by atoms with E-state index in [1.807, 2.05) is 43.6 Å². The first-order valence-electron chi connectivity index (χ1n) is 10.6. The summed E-state index contributed by atoms with van der Waals surface area (Å²) in [4.78, 5) is 24.0. The third-order valence-corrected chi connectivity index (χ3v) is 5.66. The Morgan fingerprint density at radius 3 is 2.94 bits per heavy atom. The predicted octanol–water partition coefficient (Wildman–Crippen LogP) is 3.07. The van der Waals surface area contributed by atoms with Gasteiger partial charge >= 0.3 is 5.97 Å². The van der Waals surface area contributed by atoms with E-state index in [0.29, 0.717) is 17.8 Å². The predicted molar refractivity (Wildman–Crippen MR) is 124 cm³/mol. The molecule has 0 spiro atoms. The van der Waals surface area contributed by atoms with Crippen LogP contribution in [0.3, 0.4) is 0 Å². The molecule has 0 amide bonds. The Bertz CT molecular complexity index is 1240. The number of hydrogen-bond donors (Lipinski definition) is 1. The summed E-state index contributed by atoms with van der Waals surface area (Å²) in [6.45, 7) is 2.76. The molecule has 0 bridgehead atoms. The van der Waals surface area contributed by atoms with Gasteiger partial charge in [-0.05, 0) is 18.6 Å². The van der Waals surface area contributed by atoms with E-state index in [9.17, 15) is 4.79 Å². The first-order chi connectivity index (χ1) is 15.7. The molecule has 2 aromatic heterocycles. The monoisotopic (exact) mass is 428 g/mol. The molecule has 0 saturated heterocycles. The molecule has 2 aliphatic rings. The fourth-order valence-corrected chi connectivity index (χ4v) is 4.10. The fourth-order valence-electron chi connectivity index (χ4n) is 4.10. The first-order valence-corrected chi connectivity index (χ1v) is 10.6. The number of aromatic nitrogens is 3. The number of esters is 1. The lowest BCUT2D eigenvalue weighted by molar-refractivity contribution is 0.0528. The smallest absolute Gasteiger partial charge is 0.343 e. The van der Waals surface area contributed by atoms with E-state index in [1.165, 1.54) is 11.8 Å². The maximum Gasteiger partial charge on any atom is 0.343 e. The van der Waals surface area contributed by atoms with E-state index >= 15 is 0 Å². The van der Waals surface area contributed by atoms with Crippen LogP contribution >= 0.6 is 0 Å². The summed E-state index contributed by atoms with van der Waals surface area (Å²) in [5, 5.41) is 7.79. The molecule has 0 aliphatic carbocycles. The summed E-state index contributed by atoms with van der Waals surface area (Å²) in [5.74, 6) is 0.482. The highest BCUT2D eigenvalue weighted by Gasteiger charge is 2.31. The Kier molecular flexibility index (Phi) is 5.18. The standard InChI is InChI=1S/C24H24N6O2/c1-3-32-24(31)19-14-27-30-21(29(2)15-16-8-5-4-6-9-16)12-20(28-23(19)30)18-13-26-22-17(18)10-7-11-25-22/h4-14,17,22,26H,3,15H2,1-2H3. The Labute approximate surface area is 185 Å². The zero-order valence-corrected chi connectivity index (χ0v) is 18.0. The molecule has 32 heavy (non-hydrogen) atoms. The van der Waals surface area contributed by atoms with Crippen molar-refractivity contribution in [2.75, 3.05) is 18.6 Å². The molecule has 2 atom stereocenters. The maximum atomic E-state index is 12.6. The molecule has 0 radical (unpaired) electrons. The van der Waals surface area contributed by atoms with E-state index in [2.05, 4.69) is 38.5 Å². The number of anilines is 1. The third kappa shape index (κ3) is 3.53. The van der Waals surface area contributed by atoms with Gasteiger partial charge < -0.3 is 15.0 Å². The number of benzene rings is 1. The molecular weight excluding hydrogens is 404 g/mol. The van der Waals surface area contributed by atoms with Crippen LogP contribution in [0.2, 0.25) is 0 Å². The Morgan fingerprint density at radius 2 is 2.12 bits per heavy atom. The second-order valence-electron chi connectivity index (χ2n) is 7.78. The van der Waals surface area contributed by atoms with Gasteiger partial charge in [0, 0.05) is 43.6 Å². The lowest BCUT2D eigenvalue weighted by Crippen LogP contribution is -2.26. The molecule has 4 heterocycles. The highest BCUT2D eigenvalue weighted by Crippen LogP contribution is 2.34. The fraction of sp³-hybridized carbons (Fsp3) is 0.250. The Morgan fingerprint density at radius 1 is 1.28 bits per heavy atom. The number of carbonyl (C=O) groups excluding carboxylic acids is 1. The van der Waals surface area contributed by atoms with Gasteiger partial charge in [0.05, 0.1) is 18.5 Å². The lowest BCUT2D eigenvalue weighted by Gasteiger charge is -2.22. The van der Waals surface area contributed by atoms with Crippen LogP contribution in [0, 0.1) is 5.92 Å². The normalized spacial score (nSPS) is 18.9. The van der Waals surface area contributed by atoms with E-state index in [1.54, 1.807) is 17.7 Å². The van der Waals surface area contributed by atoms with E-state index in [-0.39, 0.29) is 18.7 Å². The van der Waals surface area contributed by atoms with Crippen molar-refractivity contribution >= 4 is 29.2 Å². The molecule has 2 aliphatic heterocycles. The van der Waals surface area contributed by atoms with Gasteiger partial charge in [0.25, 0.3) is 0 Å². The molecule has 2 unspecified atom stereocenters. The quantitative estimate of drug-likeness (QED) is 0.608. The number of nitrogens with one attached hydrogen (secondary N) is 1. The molecule has 162 valence electrons. The molecule has 3 aromatic rings. The molecule has 5 rings (SSSR count). The van der Waals surface area contributed by atoms with Crippen molar-refractivity contribution in [3.8, 4) is 0 Å². The molecule has 0 fully saturated rings. The minimum Gasteiger partial charge on any atom is -0.462 e. The summed E-state index contributed by atoms with van der Waals surface area (Å²) < 4.78 is 6.94. The number of hydrogen-bond acceptors (Lipinski definition) is 7. The molecule has 8 heteroatoms. The summed E-state index contributed by atoms with van der Waals surface area (Å²) in [7, 11) is 2.01. The highest BCUT2D eigenvalue weighted by atomic mass is 16.5. The van der Waals surface area contributed by atoms with Gasteiger partial charge in [-0.3, -0.25) is 4.99 Å². The van der Waals surface area contributed by atoms with Crippen LogP contribution in [0.25, 0.3) is 11.2 Å². The molecule has 8 nitrogen and oxygen atoms in total. The van der Waals surface area contributed by atoms with Gasteiger partial charge in [-0.25, -0.2) is 9.78 Å². The van der Waals surface area contributed by atoms with Crippen LogP contribution in [0.15, 0.2) is 65.9 Å². The summed E-state index contributed by atoms with van der Waals surface area (Å²) >= 11 is 0. The number of carbonyl (C=O) groups is 1. The number of rotatable bonds is 6. The summed E-state index contributed by atoms with van der Waals surface area (Å²) in [5.41, 5.74) is 3.80. The van der Waals surface area contributed by atoms with E-state index in [0.717, 1.165) is 17.1 Å². The lowest BCUT2D eigenvalue weighted by atomic mass is 9.95. The van der Waals surface area contributed by atoms with Crippen LogP contribution in [-0.2, 0) is 11.3 Å². The van der Waals surface area contributed by atoms with Crippen LogP contribution in [0.1, 0.15) is 28.5 Å². The second-order valence-corrected chi connectivity index (χ2v) is 7.78. The van der Waals surface area contributed by atoms with Crippen molar-refractivity contribution in [3.63, 3.8) is 0 Å². The van der Waals surface area contributed by atoms with Crippen molar-refractivity contribution in [2.24, 2.45) is 10.9 Å². The zero-order valence-electron chi connectivity index (χ0n) is 18.0. The number of ether oxygens (including phenoxy) is 1. The van der Waals surface area contributed by atoms with Gasteiger partial charge in [-0.1, -0.05) is 36.4 Å². The SMILES string of the molecule is CCOC(=O)c1cnn2c(N(C)Cc3ccccc3)cc(C3=CNC4N=CC=CC34)nc12. The van der Waals surface area contributed by atoms with Gasteiger partial charge in [0.2, 0.25) is 0 Å². The number of nitrogens with zero attached hydrogens (tertiary/aromatic N) is 5. The average molecular weight is 428 g/mol. The summed E-state index contributed by atoms with van der Waals surface area (Å²) in [6.07, 6.45) is 9.32. The maximum absolute atomic E-state index is 12.6. The molecular formula is C24H24N6O2. The minimum absolute atomic E-state index is 0.0343. The van der Waals surface area contributed by atoms with Gasteiger partial charge in [0.1, 0.15) is 17.5 Å². The van der Waals surface area contributed by atoms with Crippen LogP contribution in [-0.4, -0.2) is 46.6 Å². The van der Waals surface area contributed by atoms with E-state index in [4.69, 9.17) is 9.72 Å². The second kappa shape index (κ2) is 8.30. The van der Waals surface area contributed by atoms with Crippen LogP contribution in [0.4, 0.5) is 5.82 Å². The highest BCUT2D eigenvalue weighted by molar-refractivity contribution is 5.96. The minimum atomic E-state index is -0.428. The van der Waals surface area contributed by atoms with Crippen LogP contribution in [0.5, 0.6) is 0 Å². The van der Waals surface area contributed by atoms with Gasteiger partial charge in [0.15, 0.2) is 5.65 Å². The number of aliphatic imine (C=N–C) groups is 1. The average Bonchev–Trinajstić information content (AvgIpc) is 3.43. The van der Waals surface area contributed by atoms with Crippen molar-refractivity contribution in [1.29, 1.82) is 0 Å². The number of fused-ring (bicyclic) bond motifs is 2. The van der Waals surface area contributed by atoms with Gasteiger partial charge in [-0.15, -0.1) is 0 Å². The van der Waals surface area contributed by atoms with E-state index < -0.39 is 5.97 Å². The number of allylic oxidation sites excluding steroid dienone is 1. The Hall–Kier alpha value is -3.94. The third-order valence-electron chi connectivity index (χ3n) is 5.66. The van der Waals surface area contributed by atoms with Crippen molar-refractivity contribution in [1.82, 2.24) is 19.9 Å².